The molecule has 3 aromatic carbocycles. The number of fused-ring (bicyclic) bond motifs is 1. The third-order valence-electron chi connectivity index (χ3n) is 5.77. The van der Waals surface area contributed by atoms with Gasteiger partial charge in [-0.05, 0) is 54.4 Å². The normalized spacial score (nSPS) is 13.9. The maximum absolute atomic E-state index is 6.04. The zero-order valence-corrected chi connectivity index (χ0v) is 18.0. The number of anilines is 3. The van der Waals surface area contributed by atoms with E-state index in [0.29, 0.717) is 11.5 Å². The molecule has 0 unspecified atom stereocenters. The van der Waals surface area contributed by atoms with Crippen molar-refractivity contribution in [1.82, 2.24) is 9.97 Å². The van der Waals surface area contributed by atoms with Gasteiger partial charge < -0.3 is 20.7 Å². The second kappa shape index (κ2) is 9.24. The number of nitrogens with two attached hydrogens (primary N) is 1. The van der Waals surface area contributed by atoms with Crippen LogP contribution in [0.5, 0.6) is 0 Å². The van der Waals surface area contributed by atoms with Crippen LogP contribution in [0.15, 0.2) is 72.8 Å². The molecule has 1 fully saturated rings. The van der Waals surface area contributed by atoms with Crippen molar-refractivity contribution in [3.05, 3.63) is 78.4 Å². The van der Waals surface area contributed by atoms with E-state index >= 15 is 0 Å². The first-order valence-electron chi connectivity index (χ1n) is 11.0. The molecule has 0 bridgehead atoms. The maximum atomic E-state index is 6.04. The minimum atomic E-state index is 0.693. The van der Waals surface area contributed by atoms with Crippen LogP contribution in [0.2, 0.25) is 0 Å². The molecule has 0 spiro atoms. The number of nitrogens with one attached hydrogen (secondary N) is 1. The molecule has 0 radical (unpaired) electrons. The molecule has 2 heterocycles. The molecule has 6 nitrogen and oxygen atoms in total. The number of ether oxygens (including phenoxy) is 1. The highest BCUT2D eigenvalue weighted by Crippen LogP contribution is 2.28. The molecular weight excluding hydrogens is 398 g/mol. The lowest BCUT2D eigenvalue weighted by Gasteiger charge is -2.28. The van der Waals surface area contributed by atoms with E-state index in [1.807, 2.05) is 24.3 Å². The summed E-state index contributed by atoms with van der Waals surface area (Å²) in [5.41, 5.74) is 11.1. The molecule has 0 saturated carbocycles. The van der Waals surface area contributed by atoms with Crippen LogP contribution in [-0.4, -0.2) is 42.8 Å². The monoisotopic (exact) mass is 425 g/mol. The SMILES string of the molecule is Nc1ccc2c(NCCc3ccccc3)nc(-c3ccc(N4CCOCC4)cc3)nc2c1. The minimum Gasteiger partial charge on any atom is -0.399 e. The molecule has 0 amide bonds. The van der Waals surface area contributed by atoms with E-state index in [0.717, 1.165) is 61.6 Å². The van der Waals surface area contributed by atoms with Gasteiger partial charge in [0.1, 0.15) is 5.82 Å². The van der Waals surface area contributed by atoms with Gasteiger partial charge in [-0.15, -0.1) is 0 Å². The summed E-state index contributed by atoms with van der Waals surface area (Å²) < 4.78 is 5.46. The van der Waals surface area contributed by atoms with Crippen molar-refractivity contribution >= 4 is 28.1 Å². The van der Waals surface area contributed by atoms with E-state index in [-0.39, 0.29) is 0 Å². The summed E-state index contributed by atoms with van der Waals surface area (Å²) >= 11 is 0. The summed E-state index contributed by atoms with van der Waals surface area (Å²) in [4.78, 5) is 12.0. The minimum absolute atomic E-state index is 0.693. The second-order valence-electron chi connectivity index (χ2n) is 7.98. The Morgan fingerprint density at radius 2 is 1.69 bits per heavy atom. The molecule has 1 saturated heterocycles. The van der Waals surface area contributed by atoms with Crippen LogP contribution in [0.3, 0.4) is 0 Å². The number of nitrogen functional groups attached to an aromatic ring is 1. The highest BCUT2D eigenvalue weighted by atomic mass is 16.5. The van der Waals surface area contributed by atoms with Gasteiger partial charge in [-0.2, -0.15) is 0 Å². The van der Waals surface area contributed by atoms with Crippen LogP contribution >= 0.6 is 0 Å². The van der Waals surface area contributed by atoms with Crippen LogP contribution in [0.4, 0.5) is 17.2 Å². The van der Waals surface area contributed by atoms with Gasteiger partial charge in [0.05, 0.1) is 18.7 Å². The van der Waals surface area contributed by atoms with Gasteiger partial charge in [-0.25, -0.2) is 9.97 Å². The molecule has 6 heteroatoms. The van der Waals surface area contributed by atoms with Crippen molar-refractivity contribution in [2.45, 2.75) is 6.42 Å². The molecule has 1 aliphatic rings. The molecule has 4 aromatic rings. The summed E-state index contributed by atoms with van der Waals surface area (Å²) in [7, 11) is 0. The third kappa shape index (κ3) is 4.50. The first-order chi connectivity index (χ1) is 15.8. The first kappa shape index (κ1) is 20.3. The van der Waals surface area contributed by atoms with Gasteiger partial charge in [0.2, 0.25) is 0 Å². The summed E-state index contributed by atoms with van der Waals surface area (Å²) in [6, 6.07) is 24.7. The van der Waals surface area contributed by atoms with Crippen molar-refractivity contribution in [3.63, 3.8) is 0 Å². The Bertz CT molecular complexity index is 1190. The van der Waals surface area contributed by atoms with E-state index in [2.05, 4.69) is 58.7 Å². The molecule has 162 valence electrons. The largest absolute Gasteiger partial charge is 0.399 e. The fourth-order valence-electron chi connectivity index (χ4n) is 4.02. The number of hydrogen-bond donors (Lipinski definition) is 2. The smallest absolute Gasteiger partial charge is 0.162 e. The molecule has 1 aromatic heterocycles. The predicted octanol–water partition coefficient (Wildman–Crippen LogP) is 4.37. The van der Waals surface area contributed by atoms with Gasteiger partial charge >= 0.3 is 0 Å². The van der Waals surface area contributed by atoms with Crippen LogP contribution in [-0.2, 0) is 11.2 Å². The number of hydrogen-bond acceptors (Lipinski definition) is 6. The Kier molecular flexibility index (Phi) is 5.85. The lowest BCUT2D eigenvalue weighted by atomic mass is 10.1. The average molecular weight is 426 g/mol. The number of benzene rings is 3. The van der Waals surface area contributed by atoms with Gasteiger partial charge in [0.15, 0.2) is 5.82 Å². The standard InChI is InChI=1S/C26H27N5O/c27-21-8-11-23-24(18-21)29-25(30-26(23)28-13-12-19-4-2-1-3-5-19)20-6-9-22(10-7-20)31-14-16-32-17-15-31/h1-11,18H,12-17,27H2,(H,28,29,30). The van der Waals surface area contributed by atoms with Crippen molar-refractivity contribution in [2.24, 2.45) is 0 Å². The number of morpholine rings is 1. The number of aromatic nitrogens is 2. The third-order valence-corrected chi connectivity index (χ3v) is 5.77. The second-order valence-corrected chi connectivity index (χ2v) is 7.98. The summed E-state index contributed by atoms with van der Waals surface area (Å²) in [6.07, 6.45) is 0.922. The topological polar surface area (TPSA) is 76.3 Å². The molecule has 3 N–H and O–H groups in total. The van der Waals surface area contributed by atoms with Crippen LogP contribution in [0.25, 0.3) is 22.3 Å². The fraction of sp³-hybridized carbons (Fsp3) is 0.231. The van der Waals surface area contributed by atoms with E-state index in [4.69, 9.17) is 20.4 Å². The van der Waals surface area contributed by atoms with Crippen molar-refractivity contribution in [3.8, 4) is 11.4 Å². The summed E-state index contributed by atoms with van der Waals surface area (Å²) in [5, 5.41) is 4.49. The zero-order valence-electron chi connectivity index (χ0n) is 18.0. The van der Waals surface area contributed by atoms with Crippen LogP contribution in [0.1, 0.15) is 5.56 Å². The van der Waals surface area contributed by atoms with Crippen molar-refractivity contribution in [2.75, 3.05) is 48.8 Å². The van der Waals surface area contributed by atoms with Gasteiger partial charge in [0.25, 0.3) is 0 Å². The molecule has 0 aliphatic carbocycles. The molecule has 5 rings (SSSR count). The predicted molar refractivity (Wildman–Crippen MR) is 131 cm³/mol. The molecule has 1 aliphatic heterocycles. The maximum Gasteiger partial charge on any atom is 0.162 e. The summed E-state index contributed by atoms with van der Waals surface area (Å²) in [6.45, 7) is 4.17. The van der Waals surface area contributed by atoms with Crippen molar-refractivity contribution < 1.29 is 4.74 Å². The van der Waals surface area contributed by atoms with E-state index in [9.17, 15) is 0 Å². The summed E-state index contributed by atoms with van der Waals surface area (Å²) in [5.74, 6) is 1.53. The molecule has 32 heavy (non-hydrogen) atoms. The Labute approximate surface area is 188 Å². The van der Waals surface area contributed by atoms with Gasteiger partial charge in [0, 0.05) is 42.0 Å². The highest BCUT2D eigenvalue weighted by Gasteiger charge is 2.13. The lowest BCUT2D eigenvalue weighted by molar-refractivity contribution is 0.122. The van der Waals surface area contributed by atoms with Crippen LogP contribution in [0, 0.1) is 0 Å². The van der Waals surface area contributed by atoms with Crippen LogP contribution < -0.4 is 16.0 Å². The number of nitrogens with zero attached hydrogens (tertiary/aromatic N) is 3. The number of rotatable bonds is 6. The Morgan fingerprint density at radius 3 is 2.47 bits per heavy atom. The van der Waals surface area contributed by atoms with Crippen molar-refractivity contribution in [1.29, 1.82) is 0 Å². The van der Waals surface area contributed by atoms with E-state index in [1.165, 1.54) is 11.3 Å². The van der Waals surface area contributed by atoms with E-state index in [1.54, 1.807) is 0 Å². The van der Waals surface area contributed by atoms with Gasteiger partial charge in [-0.1, -0.05) is 30.3 Å². The Morgan fingerprint density at radius 1 is 0.906 bits per heavy atom. The fourth-order valence-corrected chi connectivity index (χ4v) is 4.02. The highest BCUT2D eigenvalue weighted by molar-refractivity contribution is 5.92. The van der Waals surface area contributed by atoms with E-state index < -0.39 is 0 Å². The molecule has 0 atom stereocenters. The lowest BCUT2D eigenvalue weighted by Crippen LogP contribution is -2.36. The Balaban J connectivity index is 1.42. The quantitative estimate of drug-likeness (QED) is 0.447. The molecular formula is C26H27N5O. The Hall–Kier alpha value is -3.64. The zero-order chi connectivity index (χ0) is 21.8. The van der Waals surface area contributed by atoms with Gasteiger partial charge in [-0.3, -0.25) is 0 Å². The first-order valence-corrected chi connectivity index (χ1v) is 11.0. The average Bonchev–Trinajstić information content (AvgIpc) is 2.85.